The molecule has 0 radical (unpaired) electrons. The Balaban J connectivity index is 1.75. The van der Waals surface area contributed by atoms with Crippen LogP contribution in [0.2, 0.25) is 0 Å². The quantitative estimate of drug-likeness (QED) is 0.182. The second-order valence-corrected chi connectivity index (χ2v) is 11.1. The van der Waals surface area contributed by atoms with Crippen molar-refractivity contribution in [3.8, 4) is 0 Å². The van der Waals surface area contributed by atoms with E-state index in [1.165, 1.54) is 0 Å². The van der Waals surface area contributed by atoms with E-state index in [2.05, 4.69) is 10.3 Å². The third-order valence-corrected chi connectivity index (χ3v) is 7.68. The Bertz CT molecular complexity index is 1450. The van der Waals surface area contributed by atoms with Gasteiger partial charge in [-0.05, 0) is 31.5 Å². The lowest BCUT2D eigenvalue weighted by Gasteiger charge is -2.32. The fraction of sp³-hybridized carbons (Fsp3) is 0.533. The molecule has 1 fully saturated rings. The fourth-order valence-corrected chi connectivity index (χ4v) is 5.34. The van der Waals surface area contributed by atoms with Gasteiger partial charge in [0.1, 0.15) is 0 Å². The number of carbonyl (C=O) groups excluding carboxylic acids is 2. The number of esters is 1. The van der Waals surface area contributed by atoms with E-state index >= 15 is 0 Å². The van der Waals surface area contributed by atoms with Crippen LogP contribution in [-0.4, -0.2) is 155 Å². The zero-order chi connectivity index (χ0) is 33.8. The molecule has 2 heterocycles. The van der Waals surface area contributed by atoms with E-state index in [1.54, 1.807) is 46.7 Å². The number of ether oxygens (including phenoxy) is 1. The Morgan fingerprint density at radius 1 is 0.783 bits per heavy atom. The predicted octanol–water partition coefficient (Wildman–Crippen LogP) is -0.644. The van der Waals surface area contributed by atoms with Crippen molar-refractivity contribution in [1.82, 2.24) is 24.6 Å². The number of fused-ring (bicyclic) bond motifs is 1. The number of amides is 1. The van der Waals surface area contributed by atoms with Gasteiger partial charge in [-0.2, -0.15) is 0 Å². The summed E-state index contributed by atoms with van der Waals surface area (Å²) in [4.78, 5) is 81.8. The van der Waals surface area contributed by atoms with Crippen LogP contribution < -0.4 is 10.9 Å². The van der Waals surface area contributed by atoms with Crippen LogP contribution in [0.15, 0.2) is 23.0 Å². The molecule has 2 aromatic rings. The van der Waals surface area contributed by atoms with Crippen molar-refractivity contribution < 1.29 is 44.0 Å². The highest BCUT2D eigenvalue weighted by Gasteiger charge is 2.21. The fourth-order valence-electron chi connectivity index (χ4n) is 5.34. The number of hydrogen-bond acceptors (Lipinski definition) is 11. The number of rotatable bonds is 12. The number of aromatic nitrogens is 1. The van der Waals surface area contributed by atoms with Crippen molar-refractivity contribution in [3.63, 3.8) is 0 Å². The van der Waals surface area contributed by atoms with Gasteiger partial charge < -0.3 is 30.4 Å². The van der Waals surface area contributed by atoms with E-state index < -0.39 is 29.4 Å². The molecule has 1 aliphatic heterocycles. The molecule has 1 amide bonds. The maximum Gasteiger partial charge on any atom is 0.317 e. The van der Waals surface area contributed by atoms with Gasteiger partial charge >= 0.3 is 23.9 Å². The van der Waals surface area contributed by atoms with Crippen LogP contribution in [0.5, 0.6) is 0 Å². The standard InChI is InChI=1S/C30H42N6O10/c1-3-46-29(44)15-23-20(2)22-5-4-21(14-24(22)32-30(23)45)31-25(37)16-33-6-8-34(17-26(38)39)10-12-36(19-28(42)43)13-11-35(9-7-33)18-27(40)41/h4-5,14H,3,6-13,15-19H2,1-2H3,(H,31,37)(H,32,45)(H,38,39)(H,40,41)(H,42,43). The molecule has 0 saturated carbocycles. The number of aryl methyl sites for hydroxylation is 1. The van der Waals surface area contributed by atoms with E-state index in [0.29, 0.717) is 40.8 Å². The summed E-state index contributed by atoms with van der Waals surface area (Å²) in [5.41, 5.74) is 1.42. The molecule has 252 valence electrons. The van der Waals surface area contributed by atoms with Crippen molar-refractivity contribution in [3.05, 3.63) is 39.7 Å². The third-order valence-electron chi connectivity index (χ3n) is 7.68. The predicted molar refractivity (Wildman–Crippen MR) is 167 cm³/mol. The Labute approximate surface area is 265 Å². The van der Waals surface area contributed by atoms with Crippen LogP contribution in [-0.2, 0) is 35.1 Å². The molecule has 1 aliphatic rings. The molecule has 1 aromatic carbocycles. The lowest BCUT2D eigenvalue weighted by Crippen LogP contribution is -2.49. The highest BCUT2D eigenvalue weighted by atomic mass is 16.5. The number of aromatic amines is 1. The number of aliphatic carboxylic acids is 3. The van der Waals surface area contributed by atoms with Gasteiger partial charge in [0.15, 0.2) is 0 Å². The van der Waals surface area contributed by atoms with Crippen LogP contribution in [0.3, 0.4) is 0 Å². The molecule has 5 N–H and O–H groups in total. The van der Waals surface area contributed by atoms with Gasteiger partial charge in [-0.1, -0.05) is 6.07 Å². The molecule has 0 bridgehead atoms. The largest absolute Gasteiger partial charge is 0.480 e. The summed E-state index contributed by atoms with van der Waals surface area (Å²) < 4.78 is 4.97. The maximum atomic E-state index is 13.2. The summed E-state index contributed by atoms with van der Waals surface area (Å²) in [7, 11) is 0. The Kier molecular flexibility index (Phi) is 13.6. The summed E-state index contributed by atoms with van der Waals surface area (Å²) in [5.74, 6) is -3.98. The van der Waals surface area contributed by atoms with Crippen LogP contribution in [0, 0.1) is 6.92 Å². The van der Waals surface area contributed by atoms with Crippen LogP contribution in [0.1, 0.15) is 18.1 Å². The number of pyridine rings is 1. The lowest BCUT2D eigenvalue weighted by molar-refractivity contribution is -0.142. The average Bonchev–Trinajstić information content (AvgIpc) is 2.95. The highest BCUT2D eigenvalue weighted by molar-refractivity contribution is 5.95. The van der Waals surface area contributed by atoms with Crippen molar-refractivity contribution >= 4 is 46.4 Å². The zero-order valence-electron chi connectivity index (χ0n) is 26.1. The van der Waals surface area contributed by atoms with Gasteiger partial charge in [-0.3, -0.25) is 48.4 Å². The maximum absolute atomic E-state index is 13.2. The number of nitrogens with zero attached hydrogens (tertiary/aromatic N) is 4. The van der Waals surface area contributed by atoms with E-state index in [9.17, 15) is 44.1 Å². The third kappa shape index (κ3) is 11.5. The minimum absolute atomic E-state index is 0.0704. The van der Waals surface area contributed by atoms with Gasteiger partial charge in [0.25, 0.3) is 5.56 Å². The molecule has 0 unspecified atom stereocenters. The summed E-state index contributed by atoms with van der Waals surface area (Å²) in [5, 5.41) is 31.7. The first-order chi connectivity index (χ1) is 21.8. The number of carboxylic acid groups (broad SMARTS) is 3. The van der Waals surface area contributed by atoms with Crippen LogP contribution in [0.4, 0.5) is 5.69 Å². The number of hydrogen-bond donors (Lipinski definition) is 5. The first-order valence-electron chi connectivity index (χ1n) is 15.0. The molecule has 16 heteroatoms. The molecule has 16 nitrogen and oxygen atoms in total. The molecule has 3 rings (SSSR count). The molecule has 1 saturated heterocycles. The van der Waals surface area contributed by atoms with Crippen molar-refractivity contribution in [2.24, 2.45) is 0 Å². The first kappa shape index (κ1) is 36.1. The van der Waals surface area contributed by atoms with E-state index in [-0.39, 0.29) is 84.4 Å². The van der Waals surface area contributed by atoms with E-state index in [1.807, 2.05) is 4.90 Å². The number of H-pyrrole nitrogens is 1. The monoisotopic (exact) mass is 646 g/mol. The summed E-state index contributed by atoms with van der Waals surface area (Å²) >= 11 is 0. The summed E-state index contributed by atoms with van der Waals surface area (Å²) in [6, 6.07) is 5.04. The van der Waals surface area contributed by atoms with Crippen molar-refractivity contribution in [1.29, 1.82) is 0 Å². The van der Waals surface area contributed by atoms with Gasteiger partial charge in [-0.15, -0.1) is 0 Å². The number of carbonyl (C=O) groups is 5. The molecule has 0 spiro atoms. The van der Waals surface area contributed by atoms with Gasteiger partial charge in [0.2, 0.25) is 5.91 Å². The minimum Gasteiger partial charge on any atom is -0.480 e. The van der Waals surface area contributed by atoms with Gasteiger partial charge in [-0.25, -0.2) is 0 Å². The van der Waals surface area contributed by atoms with Gasteiger partial charge in [0, 0.05) is 69.0 Å². The highest BCUT2D eigenvalue weighted by Crippen LogP contribution is 2.22. The molecule has 46 heavy (non-hydrogen) atoms. The molecule has 0 aliphatic carbocycles. The Morgan fingerprint density at radius 3 is 1.67 bits per heavy atom. The second kappa shape index (κ2) is 17.4. The number of anilines is 1. The van der Waals surface area contributed by atoms with Crippen LogP contribution in [0.25, 0.3) is 10.9 Å². The Hall–Kier alpha value is -4.38. The molecular formula is C30H42N6O10. The summed E-state index contributed by atoms with van der Waals surface area (Å²) in [6.45, 7) is 5.04. The molecule has 0 atom stereocenters. The summed E-state index contributed by atoms with van der Waals surface area (Å²) in [6.07, 6.45) is -0.159. The number of carboxylic acids is 3. The normalized spacial score (nSPS) is 16.3. The lowest BCUT2D eigenvalue weighted by atomic mass is 10.0. The molecular weight excluding hydrogens is 604 g/mol. The number of nitrogens with one attached hydrogen (secondary N) is 2. The average molecular weight is 647 g/mol. The second-order valence-electron chi connectivity index (χ2n) is 11.1. The van der Waals surface area contributed by atoms with Crippen LogP contribution >= 0.6 is 0 Å². The van der Waals surface area contributed by atoms with Gasteiger partial charge in [0.05, 0.1) is 44.7 Å². The molecule has 1 aromatic heterocycles. The van der Waals surface area contributed by atoms with E-state index in [4.69, 9.17) is 4.74 Å². The zero-order valence-corrected chi connectivity index (χ0v) is 26.1. The number of benzene rings is 1. The Morgan fingerprint density at radius 2 is 1.24 bits per heavy atom. The van der Waals surface area contributed by atoms with Crippen molar-refractivity contribution in [2.75, 3.05) is 90.5 Å². The smallest absolute Gasteiger partial charge is 0.317 e. The van der Waals surface area contributed by atoms with E-state index in [0.717, 1.165) is 0 Å². The first-order valence-corrected chi connectivity index (χ1v) is 15.0. The van der Waals surface area contributed by atoms with Crippen molar-refractivity contribution in [2.45, 2.75) is 20.3 Å². The topological polar surface area (TPSA) is 213 Å². The SMILES string of the molecule is CCOC(=O)Cc1c(C)c2ccc(NC(=O)CN3CCN(CC(=O)O)CCN(CC(=O)O)CCN(CC(=O)O)CC3)cc2[nH]c1=O. The minimum atomic E-state index is -1.04.